The molecule has 3 N–H and O–H groups in total. The van der Waals surface area contributed by atoms with E-state index in [0.29, 0.717) is 0 Å². The maximum Gasteiger partial charge on any atom is 0.410 e. The van der Waals surface area contributed by atoms with Crippen LogP contribution in [0.1, 0.15) is 44.9 Å². The summed E-state index contributed by atoms with van der Waals surface area (Å²) in [6.07, 6.45) is -2.37. The van der Waals surface area contributed by atoms with E-state index in [4.69, 9.17) is 9.47 Å². The van der Waals surface area contributed by atoms with Crippen molar-refractivity contribution in [1.82, 2.24) is 9.80 Å². The SMILES string of the molecule is CCOC(=O)C(C(O)c1ccccc1[NH+]([O-])O)N(C)C(=O)[C@H](Cc1ccccc1)N(C)C(=O)OC(C)(C)C. The van der Waals surface area contributed by atoms with Crippen molar-refractivity contribution in [1.29, 1.82) is 0 Å². The van der Waals surface area contributed by atoms with Gasteiger partial charge >= 0.3 is 12.1 Å². The Balaban J connectivity index is 2.51. The second-order valence-electron chi connectivity index (χ2n) is 9.78. The molecule has 0 aromatic heterocycles. The minimum Gasteiger partial charge on any atom is -0.595 e. The van der Waals surface area contributed by atoms with Gasteiger partial charge < -0.3 is 24.7 Å². The number of aliphatic hydroxyl groups is 1. The van der Waals surface area contributed by atoms with Gasteiger partial charge in [0.15, 0.2) is 11.7 Å². The largest absolute Gasteiger partial charge is 0.595 e. The summed E-state index contributed by atoms with van der Waals surface area (Å²) >= 11 is 0. The lowest BCUT2D eigenvalue weighted by Gasteiger charge is -2.36. The van der Waals surface area contributed by atoms with Gasteiger partial charge in [0.25, 0.3) is 0 Å². The summed E-state index contributed by atoms with van der Waals surface area (Å²) in [6, 6.07) is 12.0. The molecule has 11 heteroatoms. The fourth-order valence-corrected chi connectivity index (χ4v) is 3.91. The number of quaternary nitrogens is 1. The number of rotatable bonds is 10. The number of nitrogens with one attached hydrogen (secondary N) is 1. The zero-order chi connectivity index (χ0) is 28.6. The van der Waals surface area contributed by atoms with Crippen molar-refractivity contribution in [2.24, 2.45) is 0 Å². The Labute approximate surface area is 222 Å². The van der Waals surface area contributed by atoms with Crippen molar-refractivity contribution in [2.45, 2.75) is 57.9 Å². The Bertz CT molecular complexity index is 1090. The van der Waals surface area contributed by atoms with Gasteiger partial charge in [-0.3, -0.25) is 9.69 Å². The van der Waals surface area contributed by atoms with E-state index in [2.05, 4.69) is 0 Å². The predicted octanol–water partition coefficient (Wildman–Crippen LogP) is 1.99. The molecule has 0 aliphatic heterocycles. The fourth-order valence-electron chi connectivity index (χ4n) is 3.91. The monoisotopic (exact) mass is 531 g/mol. The zero-order valence-corrected chi connectivity index (χ0v) is 22.6. The summed E-state index contributed by atoms with van der Waals surface area (Å²) in [4.78, 5) is 42.0. The minimum absolute atomic E-state index is 0.0318. The topological polar surface area (TPSA) is 144 Å². The van der Waals surface area contributed by atoms with Crippen LogP contribution in [0.3, 0.4) is 0 Å². The van der Waals surface area contributed by atoms with Crippen LogP contribution in [0.4, 0.5) is 10.5 Å². The molecule has 0 bridgehead atoms. The number of hydrogen-bond acceptors (Lipinski definition) is 8. The first-order valence-corrected chi connectivity index (χ1v) is 12.2. The van der Waals surface area contributed by atoms with Gasteiger partial charge in [0, 0.05) is 32.1 Å². The quantitative estimate of drug-likeness (QED) is 0.312. The van der Waals surface area contributed by atoms with Crippen molar-refractivity contribution < 1.29 is 39.4 Å². The van der Waals surface area contributed by atoms with E-state index in [9.17, 15) is 29.9 Å². The number of hydrogen-bond donors (Lipinski definition) is 3. The van der Waals surface area contributed by atoms with Crippen LogP contribution in [0.5, 0.6) is 0 Å². The fraction of sp³-hybridized carbons (Fsp3) is 0.444. The van der Waals surface area contributed by atoms with E-state index >= 15 is 0 Å². The third kappa shape index (κ3) is 7.99. The first-order chi connectivity index (χ1) is 17.8. The third-order valence-electron chi connectivity index (χ3n) is 5.81. The second kappa shape index (κ2) is 13.3. The standard InChI is InChI=1S/C27H37N3O8/c1-7-37-25(33)22(23(31)19-15-11-12-16-20(19)30(35)36)29(6)24(32)21(17-18-13-9-8-10-14-18)28(5)26(34)38-27(2,3)4/h8-16,21-23,30-31,35H,7,17H2,1-6H3/t21-,22?,23?/m0/s1. The lowest BCUT2D eigenvalue weighted by molar-refractivity contribution is -0.991. The number of aliphatic hydroxyl groups excluding tert-OH is 1. The summed E-state index contributed by atoms with van der Waals surface area (Å²) in [5.74, 6) is -1.60. The van der Waals surface area contributed by atoms with Crippen LogP contribution in [0.15, 0.2) is 54.6 Å². The maximum absolute atomic E-state index is 13.9. The number of ether oxygens (including phenoxy) is 2. The molecule has 0 radical (unpaired) electrons. The molecular weight excluding hydrogens is 494 g/mol. The van der Waals surface area contributed by atoms with Gasteiger partial charge in [0.05, 0.1) is 6.61 Å². The normalized spacial score (nSPS) is 14.6. The van der Waals surface area contributed by atoms with Crippen LogP contribution in [0, 0.1) is 5.21 Å². The summed E-state index contributed by atoms with van der Waals surface area (Å²) in [5, 5.41) is 31.3. The first kappa shape index (κ1) is 30.7. The molecule has 3 unspecified atom stereocenters. The van der Waals surface area contributed by atoms with Crippen LogP contribution in [-0.2, 0) is 25.5 Å². The molecule has 0 aliphatic carbocycles. The lowest BCUT2D eigenvalue weighted by atomic mass is 9.97. The van der Waals surface area contributed by atoms with E-state index < -0.39 is 47.0 Å². The molecule has 4 atom stereocenters. The molecule has 2 rings (SSSR count). The molecule has 0 fully saturated rings. The van der Waals surface area contributed by atoms with Gasteiger partial charge in [-0.05, 0) is 33.3 Å². The summed E-state index contributed by atoms with van der Waals surface area (Å²) in [5.41, 5.74) is -0.347. The number of para-hydroxylation sites is 1. The smallest absolute Gasteiger partial charge is 0.410 e. The number of nitrogens with zero attached hydrogens (tertiary/aromatic N) is 2. The molecule has 0 spiro atoms. The third-order valence-corrected chi connectivity index (χ3v) is 5.81. The average molecular weight is 532 g/mol. The molecule has 38 heavy (non-hydrogen) atoms. The van der Waals surface area contributed by atoms with Crippen molar-refractivity contribution >= 4 is 23.7 Å². The number of likely N-dealkylation sites (N-methyl/N-ethyl adjacent to an activating group) is 2. The van der Waals surface area contributed by atoms with E-state index in [1.165, 1.54) is 38.4 Å². The van der Waals surface area contributed by atoms with Crippen LogP contribution < -0.4 is 5.23 Å². The number of esters is 1. The molecule has 208 valence electrons. The number of carbonyl (C=O) groups is 3. The first-order valence-electron chi connectivity index (χ1n) is 12.2. The van der Waals surface area contributed by atoms with Crippen molar-refractivity contribution in [3.63, 3.8) is 0 Å². The molecule has 0 saturated carbocycles. The molecule has 2 aromatic carbocycles. The van der Waals surface area contributed by atoms with Crippen LogP contribution >= 0.6 is 0 Å². The highest BCUT2D eigenvalue weighted by Gasteiger charge is 2.41. The maximum atomic E-state index is 13.9. The summed E-state index contributed by atoms with van der Waals surface area (Å²) in [7, 11) is 2.72. The average Bonchev–Trinajstić information content (AvgIpc) is 2.86. The number of carbonyl (C=O) groups excluding carboxylic acids is 3. The van der Waals surface area contributed by atoms with Crippen LogP contribution in [0.2, 0.25) is 0 Å². The molecule has 11 nitrogen and oxygen atoms in total. The Hall–Kier alpha value is -3.51. The van der Waals surface area contributed by atoms with Crippen molar-refractivity contribution in [2.75, 3.05) is 20.7 Å². The molecule has 2 amide bonds. The lowest BCUT2D eigenvalue weighted by Crippen LogP contribution is -2.99. The van der Waals surface area contributed by atoms with Crippen LogP contribution in [0.25, 0.3) is 0 Å². The second-order valence-corrected chi connectivity index (χ2v) is 9.78. The minimum atomic E-state index is -1.72. The van der Waals surface area contributed by atoms with E-state index in [-0.39, 0.29) is 24.3 Å². The highest BCUT2D eigenvalue weighted by molar-refractivity contribution is 5.90. The van der Waals surface area contributed by atoms with E-state index in [1.807, 2.05) is 6.07 Å². The molecule has 0 heterocycles. The Morgan fingerprint density at radius 2 is 1.58 bits per heavy atom. The number of benzene rings is 2. The summed E-state index contributed by atoms with van der Waals surface area (Å²) < 4.78 is 10.6. The Morgan fingerprint density at radius 3 is 2.13 bits per heavy atom. The van der Waals surface area contributed by atoms with E-state index in [0.717, 1.165) is 15.4 Å². The molecular formula is C27H37N3O8. The van der Waals surface area contributed by atoms with Gasteiger partial charge in [0.1, 0.15) is 17.7 Å². The van der Waals surface area contributed by atoms with Crippen molar-refractivity contribution in [3.05, 3.63) is 70.9 Å². The van der Waals surface area contributed by atoms with E-state index in [1.54, 1.807) is 52.0 Å². The number of amides is 2. The molecule has 0 saturated heterocycles. The van der Waals surface area contributed by atoms with Gasteiger partial charge in [-0.15, -0.1) is 0 Å². The Kier molecular flexibility index (Phi) is 10.8. The molecule has 2 aromatic rings. The summed E-state index contributed by atoms with van der Waals surface area (Å²) in [6.45, 7) is 6.64. The highest BCUT2D eigenvalue weighted by Crippen LogP contribution is 2.27. The van der Waals surface area contributed by atoms with Gasteiger partial charge in [-0.2, -0.15) is 5.23 Å². The van der Waals surface area contributed by atoms with Gasteiger partial charge in [-0.1, -0.05) is 48.5 Å². The van der Waals surface area contributed by atoms with Gasteiger partial charge in [-0.25, -0.2) is 14.8 Å². The van der Waals surface area contributed by atoms with Crippen molar-refractivity contribution in [3.8, 4) is 0 Å². The van der Waals surface area contributed by atoms with Gasteiger partial charge in [0.2, 0.25) is 5.91 Å². The van der Waals surface area contributed by atoms with Crippen LogP contribution in [-0.4, -0.2) is 76.5 Å². The predicted molar refractivity (Wildman–Crippen MR) is 138 cm³/mol. The molecule has 0 aliphatic rings. The Morgan fingerprint density at radius 1 is 1.00 bits per heavy atom. The zero-order valence-electron chi connectivity index (χ0n) is 22.6. The highest BCUT2D eigenvalue weighted by atomic mass is 16.8.